The quantitative estimate of drug-likeness (QED) is 0.448. The van der Waals surface area contributed by atoms with Crippen molar-refractivity contribution in [3.63, 3.8) is 0 Å². The third-order valence-electron chi connectivity index (χ3n) is 1.25. The van der Waals surface area contributed by atoms with Crippen molar-refractivity contribution in [2.45, 2.75) is 32.4 Å². The van der Waals surface area contributed by atoms with Crippen LogP contribution in [-0.4, -0.2) is 22.2 Å². The van der Waals surface area contributed by atoms with Gasteiger partial charge < -0.3 is 5.11 Å². The molecule has 0 amide bonds. The van der Waals surface area contributed by atoms with Crippen molar-refractivity contribution in [2.24, 2.45) is 0 Å². The Morgan fingerprint density at radius 3 is 2.22 bits per heavy atom. The summed E-state index contributed by atoms with van der Waals surface area (Å²) in [6, 6.07) is -0.801. The van der Waals surface area contributed by atoms with Crippen LogP contribution in [0.2, 0.25) is 0 Å². The van der Waals surface area contributed by atoms with Gasteiger partial charge in [0.15, 0.2) is 0 Å². The van der Waals surface area contributed by atoms with Crippen molar-refractivity contribution in [1.82, 2.24) is 0 Å². The third-order valence-corrected chi connectivity index (χ3v) is 1.25. The van der Waals surface area contributed by atoms with Crippen LogP contribution in [0.4, 0.5) is 0 Å². The number of nitro groups is 1. The monoisotopic (exact) mass is 133 g/mol. The molecule has 0 rings (SSSR count). The van der Waals surface area contributed by atoms with Crippen LogP contribution in [-0.2, 0) is 0 Å². The Kier molecular flexibility index (Phi) is 3.16. The number of aliphatic hydroxyl groups is 1. The van der Waals surface area contributed by atoms with Gasteiger partial charge in [-0.1, -0.05) is 6.92 Å². The minimum absolute atomic E-state index is 0.380. The lowest BCUT2D eigenvalue weighted by atomic mass is 10.1. The zero-order valence-corrected chi connectivity index (χ0v) is 5.57. The summed E-state index contributed by atoms with van der Waals surface area (Å²) in [5.41, 5.74) is 0. The molecule has 0 spiro atoms. The minimum Gasteiger partial charge on any atom is -0.386 e. The lowest BCUT2D eigenvalue weighted by Crippen LogP contribution is -2.30. The number of hydrogen-bond donors (Lipinski definition) is 1. The predicted molar refractivity (Wildman–Crippen MR) is 32.8 cm³/mol. The topological polar surface area (TPSA) is 63.4 Å². The van der Waals surface area contributed by atoms with E-state index in [1.807, 2.05) is 0 Å². The Bertz CT molecular complexity index is 102. The Morgan fingerprint density at radius 1 is 1.78 bits per heavy atom. The fourth-order valence-electron chi connectivity index (χ4n) is 0.666. The van der Waals surface area contributed by atoms with Crippen LogP contribution in [0.15, 0.2) is 0 Å². The number of nitrogens with zero attached hydrogens (tertiary/aromatic N) is 1. The molecule has 0 radical (unpaired) electrons. The molecule has 0 aromatic heterocycles. The standard InChI is InChI=1S/C5H11NO3/c1-3-5(4(2)7)6(8)9/h4-5,7H,3H2,1-2H3/t4?,5-/m1/s1. The molecule has 0 aliphatic rings. The van der Waals surface area contributed by atoms with Gasteiger partial charge in [-0.2, -0.15) is 0 Å². The highest BCUT2D eigenvalue weighted by molar-refractivity contribution is 4.59. The Morgan fingerprint density at radius 2 is 2.22 bits per heavy atom. The van der Waals surface area contributed by atoms with Crippen LogP contribution >= 0.6 is 0 Å². The van der Waals surface area contributed by atoms with Crippen molar-refractivity contribution < 1.29 is 10.0 Å². The average Bonchev–Trinajstić information content (AvgIpc) is 1.64. The van der Waals surface area contributed by atoms with E-state index in [9.17, 15) is 10.1 Å². The summed E-state index contributed by atoms with van der Waals surface area (Å²) in [6.07, 6.45) is -0.463. The molecule has 1 unspecified atom stereocenters. The van der Waals surface area contributed by atoms with Gasteiger partial charge in [0.1, 0.15) is 6.10 Å². The van der Waals surface area contributed by atoms with Crippen LogP contribution in [0.25, 0.3) is 0 Å². The molecule has 0 fully saturated rings. The Balaban J connectivity index is 3.83. The molecule has 0 aliphatic carbocycles. The van der Waals surface area contributed by atoms with Crippen LogP contribution in [0.1, 0.15) is 20.3 Å². The lowest BCUT2D eigenvalue weighted by Gasteiger charge is -2.07. The maximum Gasteiger partial charge on any atom is 0.238 e. The van der Waals surface area contributed by atoms with E-state index in [4.69, 9.17) is 5.11 Å². The normalized spacial score (nSPS) is 16.8. The van der Waals surface area contributed by atoms with Gasteiger partial charge >= 0.3 is 0 Å². The summed E-state index contributed by atoms with van der Waals surface area (Å²) < 4.78 is 0. The number of hydrogen-bond acceptors (Lipinski definition) is 3. The molecule has 0 saturated heterocycles. The average molecular weight is 133 g/mol. The maximum absolute atomic E-state index is 10.0. The lowest BCUT2D eigenvalue weighted by molar-refractivity contribution is -0.533. The molecule has 0 heterocycles. The largest absolute Gasteiger partial charge is 0.386 e. The summed E-state index contributed by atoms with van der Waals surface area (Å²) in [5.74, 6) is 0. The molecule has 4 heteroatoms. The first-order valence-corrected chi connectivity index (χ1v) is 2.91. The highest BCUT2D eigenvalue weighted by Crippen LogP contribution is 2.00. The highest BCUT2D eigenvalue weighted by atomic mass is 16.6. The predicted octanol–water partition coefficient (Wildman–Crippen LogP) is 0.422. The molecule has 54 valence electrons. The molecule has 0 aromatic rings. The number of rotatable bonds is 3. The highest BCUT2D eigenvalue weighted by Gasteiger charge is 2.22. The van der Waals surface area contributed by atoms with Gasteiger partial charge in [-0.25, -0.2) is 0 Å². The third kappa shape index (κ3) is 2.41. The van der Waals surface area contributed by atoms with Crippen LogP contribution in [0.3, 0.4) is 0 Å². The van der Waals surface area contributed by atoms with Gasteiger partial charge in [0, 0.05) is 11.3 Å². The molecule has 0 aliphatic heterocycles. The van der Waals surface area contributed by atoms with Gasteiger partial charge in [-0.3, -0.25) is 10.1 Å². The van der Waals surface area contributed by atoms with Gasteiger partial charge in [-0.05, 0) is 6.92 Å². The second kappa shape index (κ2) is 3.40. The van der Waals surface area contributed by atoms with Crippen molar-refractivity contribution in [3.05, 3.63) is 10.1 Å². The molecular formula is C5H11NO3. The van der Waals surface area contributed by atoms with Crippen LogP contribution < -0.4 is 0 Å². The minimum atomic E-state index is -0.843. The van der Waals surface area contributed by atoms with Crippen molar-refractivity contribution in [2.75, 3.05) is 0 Å². The molecular weight excluding hydrogens is 122 g/mol. The fourth-order valence-corrected chi connectivity index (χ4v) is 0.666. The van der Waals surface area contributed by atoms with E-state index in [0.717, 1.165) is 0 Å². The van der Waals surface area contributed by atoms with Gasteiger partial charge in [0.05, 0.1) is 0 Å². The van der Waals surface area contributed by atoms with E-state index in [1.54, 1.807) is 6.92 Å². The molecule has 4 nitrogen and oxygen atoms in total. The first kappa shape index (κ1) is 8.36. The van der Waals surface area contributed by atoms with Crippen molar-refractivity contribution in [3.8, 4) is 0 Å². The summed E-state index contributed by atoms with van der Waals surface area (Å²) in [4.78, 5) is 9.56. The maximum atomic E-state index is 10.0. The summed E-state index contributed by atoms with van der Waals surface area (Å²) >= 11 is 0. The molecule has 0 saturated carbocycles. The molecule has 9 heavy (non-hydrogen) atoms. The van der Waals surface area contributed by atoms with Crippen molar-refractivity contribution in [1.29, 1.82) is 0 Å². The molecule has 1 N–H and O–H groups in total. The molecule has 2 atom stereocenters. The van der Waals surface area contributed by atoms with Gasteiger partial charge in [0.2, 0.25) is 6.04 Å². The summed E-state index contributed by atoms with van der Waals surface area (Å²) in [6.45, 7) is 3.11. The Labute approximate surface area is 53.6 Å². The van der Waals surface area contributed by atoms with E-state index in [2.05, 4.69) is 0 Å². The zero-order valence-electron chi connectivity index (χ0n) is 5.57. The number of aliphatic hydroxyl groups excluding tert-OH is 1. The zero-order chi connectivity index (χ0) is 7.44. The van der Waals surface area contributed by atoms with E-state index < -0.39 is 17.1 Å². The second-order valence-corrected chi connectivity index (χ2v) is 2.00. The fraction of sp³-hybridized carbons (Fsp3) is 1.00. The van der Waals surface area contributed by atoms with E-state index in [-0.39, 0.29) is 0 Å². The van der Waals surface area contributed by atoms with Crippen LogP contribution in [0, 0.1) is 10.1 Å². The van der Waals surface area contributed by atoms with E-state index in [0.29, 0.717) is 6.42 Å². The van der Waals surface area contributed by atoms with E-state index in [1.165, 1.54) is 6.92 Å². The van der Waals surface area contributed by atoms with Gasteiger partial charge in [-0.15, -0.1) is 0 Å². The smallest absolute Gasteiger partial charge is 0.238 e. The van der Waals surface area contributed by atoms with E-state index >= 15 is 0 Å². The Hall–Kier alpha value is -0.640. The molecule has 0 aromatic carbocycles. The SMILES string of the molecule is CC[C@H](C(C)O)[N+](=O)[O-]. The molecule has 0 bridgehead atoms. The van der Waals surface area contributed by atoms with Gasteiger partial charge in [0.25, 0.3) is 0 Å². The summed E-state index contributed by atoms with van der Waals surface area (Å²) in [7, 11) is 0. The van der Waals surface area contributed by atoms with Crippen LogP contribution in [0.5, 0.6) is 0 Å². The van der Waals surface area contributed by atoms with Crippen molar-refractivity contribution >= 4 is 0 Å². The first-order chi connectivity index (χ1) is 4.09. The summed E-state index contributed by atoms with van der Waals surface area (Å²) in [5, 5.41) is 18.8. The first-order valence-electron chi connectivity index (χ1n) is 2.91. The second-order valence-electron chi connectivity index (χ2n) is 2.00.